The second kappa shape index (κ2) is 29.0. The Labute approximate surface area is 277 Å². The first-order valence-electron chi connectivity index (χ1n) is 14.1. The molecule has 0 saturated carbocycles. The zero-order chi connectivity index (χ0) is 37.9. The van der Waals surface area contributed by atoms with E-state index in [2.05, 4.69) is 0 Å². The van der Waals surface area contributed by atoms with Crippen LogP contribution in [0, 0.1) is 17.8 Å². The molecule has 0 fully saturated rings. The first-order chi connectivity index (χ1) is 21.6. The number of aliphatic carboxylic acids is 5. The number of benzene rings is 1. The molecule has 16 heteroatoms. The van der Waals surface area contributed by atoms with Gasteiger partial charge in [0.1, 0.15) is 0 Å². The molecule has 0 aromatic heterocycles. The molecule has 1 aromatic rings. The number of carboxylic acids is 5. The van der Waals surface area contributed by atoms with Crippen LogP contribution in [0.15, 0.2) is 30.3 Å². The van der Waals surface area contributed by atoms with Gasteiger partial charge in [0.25, 0.3) is 0 Å². The highest BCUT2D eigenvalue weighted by Crippen LogP contribution is 2.02. The fourth-order valence-electron chi connectivity index (χ4n) is 2.31. The number of Topliss-reactive ketones (excluding diaryl/α,β-unsaturated/α-hetero) is 4. The predicted octanol–water partition coefficient (Wildman–Crippen LogP) is 2.74. The van der Waals surface area contributed by atoms with Crippen molar-refractivity contribution in [3.63, 3.8) is 0 Å². The number of carbonyl (C=O) groups excluding carboxylic acids is 4. The molecule has 0 aliphatic carbocycles. The molecule has 1 aromatic carbocycles. The Hall–Kier alpha value is -4.44. The first kappa shape index (κ1) is 49.4. The monoisotopic (exact) mass is 690 g/mol. The number of thioether (sulfide) groups is 1. The Morgan fingerprint density at radius 1 is 0.681 bits per heavy atom. The lowest BCUT2D eigenvalue weighted by atomic mass is 10.0. The minimum atomic E-state index is -1.38. The van der Waals surface area contributed by atoms with Gasteiger partial charge in [-0.3, -0.25) is 19.2 Å². The van der Waals surface area contributed by atoms with Crippen molar-refractivity contribution in [1.82, 2.24) is 0 Å². The van der Waals surface area contributed by atoms with Crippen molar-refractivity contribution in [3.05, 3.63) is 35.9 Å². The number of rotatable bonds is 15. The van der Waals surface area contributed by atoms with Crippen LogP contribution in [0.1, 0.15) is 66.4 Å². The quantitative estimate of drug-likeness (QED) is 0.144. The highest BCUT2D eigenvalue weighted by Gasteiger charge is 2.17. The molecular formula is C31H46O15S. The lowest BCUT2D eigenvalue weighted by molar-refractivity contribution is -0.150. The van der Waals surface area contributed by atoms with Crippen LogP contribution >= 0.6 is 11.8 Å². The topological polar surface area (TPSA) is 275 Å². The summed E-state index contributed by atoms with van der Waals surface area (Å²) in [5.74, 6) is -9.35. The van der Waals surface area contributed by atoms with E-state index in [0.29, 0.717) is 18.6 Å². The van der Waals surface area contributed by atoms with E-state index in [1.807, 2.05) is 12.3 Å². The summed E-state index contributed by atoms with van der Waals surface area (Å²) in [6.07, 6.45) is 1.71. The van der Waals surface area contributed by atoms with E-state index >= 15 is 0 Å². The zero-order valence-corrected chi connectivity index (χ0v) is 28.3. The van der Waals surface area contributed by atoms with Crippen LogP contribution < -0.4 is 0 Å². The molecule has 0 heterocycles. The molecule has 2 unspecified atom stereocenters. The molecule has 15 nitrogen and oxygen atoms in total. The van der Waals surface area contributed by atoms with Gasteiger partial charge >= 0.3 is 29.8 Å². The van der Waals surface area contributed by atoms with Crippen LogP contribution in [0.25, 0.3) is 0 Å². The highest BCUT2D eigenvalue weighted by atomic mass is 32.2. The molecule has 0 bridgehead atoms. The van der Waals surface area contributed by atoms with E-state index in [1.54, 1.807) is 65.8 Å². The maximum Gasteiger partial charge on any atom is 0.372 e. The summed E-state index contributed by atoms with van der Waals surface area (Å²) in [7, 11) is 0. The van der Waals surface area contributed by atoms with E-state index in [1.165, 1.54) is 11.8 Å². The van der Waals surface area contributed by atoms with Crippen molar-refractivity contribution in [1.29, 1.82) is 0 Å². The number of hydrogen-bond acceptors (Lipinski definition) is 11. The molecule has 266 valence electrons. The molecule has 6 N–H and O–H groups in total. The molecule has 0 radical (unpaired) electrons. The minimum absolute atomic E-state index is 0.0316. The lowest BCUT2D eigenvalue weighted by Gasteiger charge is -2.01. The first-order valence-corrected chi connectivity index (χ1v) is 15.5. The molecule has 0 spiro atoms. The van der Waals surface area contributed by atoms with Crippen molar-refractivity contribution in [2.75, 3.05) is 12.0 Å². The lowest BCUT2D eigenvalue weighted by Crippen LogP contribution is -2.19. The molecule has 0 aliphatic heterocycles. The highest BCUT2D eigenvalue weighted by molar-refractivity contribution is 7.98. The van der Waals surface area contributed by atoms with E-state index in [0.717, 1.165) is 5.56 Å². The number of ketones is 4. The van der Waals surface area contributed by atoms with E-state index in [4.69, 9.17) is 30.6 Å². The summed E-state index contributed by atoms with van der Waals surface area (Å²) in [6.45, 7) is 10.1. The third-order valence-electron chi connectivity index (χ3n) is 5.16. The van der Waals surface area contributed by atoms with Gasteiger partial charge < -0.3 is 30.6 Å². The summed E-state index contributed by atoms with van der Waals surface area (Å²) in [6, 6.07) is 8.80. The van der Waals surface area contributed by atoms with Crippen LogP contribution in [0.4, 0.5) is 0 Å². The summed E-state index contributed by atoms with van der Waals surface area (Å²) >= 11 is 1.52. The second-order valence-electron chi connectivity index (χ2n) is 10.2. The van der Waals surface area contributed by atoms with Gasteiger partial charge in [0.05, 0.1) is 0 Å². The minimum Gasteiger partial charge on any atom is -0.479 e. The maximum absolute atomic E-state index is 10.7. The Morgan fingerprint density at radius 2 is 1.13 bits per heavy atom. The van der Waals surface area contributed by atoms with Crippen molar-refractivity contribution < 1.29 is 73.8 Å². The molecule has 1 rings (SSSR count). The van der Waals surface area contributed by atoms with Crippen LogP contribution in [-0.4, -0.2) is 102 Å². The summed E-state index contributed by atoms with van der Waals surface area (Å²) in [4.78, 5) is 91.5. The zero-order valence-electron chi connectivity index (χ0n) is 27.5. The third kappa shape index (κ3) is 31.3. The van der Waals surface area contributed by atoms with Gasteiger partial charge in [0.15, 0.2) is 6.10 Å². The molecule has 0 saturated heterocycles. The van der Waals surface area contributed by atoms with E-state index in [-0.39, 0.29) is 24.7 Å². The Bertz CT molecular complexity index is 1160. The average molecular weight is 691 g/mol. The fourth-order valence-corrected chi connectivity index (χ4v) is 2.77. The molecule has 47 heavy (non-hydrogen) atoms. The fraction of sp³-hybridized carbons (Fsp3) is 0.516. The number of aliphatic hydroxyl groups excluding tert-OH is 1. The van der Waals surface area contributed by atoms with Crippen molar-refractivity contribution in [2.24, 2.45) is 17.8 Å². The Kier molecular flexibility index (Phi) is 30.5. The molecular weight excluding hydrogens is 644 g/mol. The van der Waals surface area contributed by atoms with Crippen molar-refractivity contribution in [2.45, 2.75) is 73.3 Å². The molecule has 0 amide bonds. The predicted molar refractivity (Wildman–Crippen MR) is 171 cm³/mol. The van der Waals surface area contributed by atoms with E-state index < -0.39 is 65.0 Å². The van der Waals surface area contributed by atoms with Gasteiger partial charge in [-0.2, -0.15) is 11.8 Å². The number of carbonyl (C=O) groups is 9. The largest absolute Gasteiger partial charge is 0.479 e. The molecule has 2 atom stereocenters. The smallest absolute Gasteiger partial charge is 0.372 e. The normalized spacial score (nSPS) is 10.8. The van der Waals surface area contributed by atoms with E-state index in [9.17, 15) is 43.2 Å². The third-order valence-corrected chi connectivity index (χ3v) is 5.81. The van der Waals surface area contributed by atoms with Crippen LogP contribution in [0.3, 0.4) is 0 Å². The van der Waals surface area contributed by atoms with Crippen LogP contribution in [0.2, 0.25) is 0 Å². The summed E-state index contributed by atoms with van der Waals surface area (Å²) in [5, 5.41) is 49.3. The summed E-state index contributed by atoms with van der Waals surface area (Å²) in [5.41, 5.74) is 0.727. The van der Waals surface area contributed by atoms with Crippen LogP contribution in [-0.2, 0) is 49.6 Å². The second-order valence-corrected chi connectivity index (χ2v) is 11.1. The van der Waals surface area contributed by atoms with Gasteiger partial charge in [-0.1, -0.05) is 71.9 Å². The number of hydrogen-bond donors (Lipinski definition) is 6. The number of aliphatic hydroxyl groups is 1. The average Bonchev–Trinajstić information content (AvgIpc) is 2.99. The number of carboxylic acid groups (broad SMARTS) is 5. The Balaban J connectivity index is -0.000000248. The van der Waals surface area contributed by atoms with Gasteiger partial charge in [0, 0.05) is 24.7 Å². The van der Waals surface area contributed by atoms with Gasteiger partial charge in [-0.15, -0.1) is 0 Å². The van der Waals surface area contributed by atoms with Gasteiger partial charge in [-0.25, -0.2) is 24.0 Å². The standard InChI is InChI=1S/C9H8O3.2C6H10O3.C5H10O3S.C5H8O3/c10-8(9(11)12)6-7-4-2-1-3-5-7;1-4(2)3-5(7)6(8)9;1-3-4(2)5(7)6(8)9;1-9-3-2-4(6)5(7)8;1-3(2)4(6)5(7)8/h1-5H,6H2,(H,11,12);2*4H,3H2,1-2H3,(H,8,9);4,6H,2-3H2,1H3,(H,7,8);3H,1-2H3,(H,7,8). The molecule has 0 aliphatic rings. The SMILES string of the molecule is CC(C)C(=O)C(=O)O.CC(C)CC(=O)C(=O)O.CCC(C)C(=O)C(=O)O.CSCCC(O)C(=O)O.O=C(O)C(=O)Cc1ccccc1. The van der Waals surface area contributed by atoms with Gasteiger partial charge in [-0.05, 0) is 36.3 Å². The van der Waals surface area contributed by atoms with Gasteiger partial charge in [0.2, 0.25) is 23.1 Å². The van der Waals surface area contributed by atoms with Crippen molar-refractivity contribution in [3.8, 4) is 0 Å². The maximum atomic E-state index is 10.7. The Morgan fingerprint density at radius 3 is 1.36 bits per heavy atom. The van der Waals surface area contributed by atoms with Crippen LogP contribution in [0.5, 0.6) is 0 Å². The van der Waals surface area contributed by atoms with Crippen molar-refractivity contribution >= 4 is 64.7 Å². The summed E-state index contributed by atoms with van der Waals surface area (Å²) < 4.78 is 0.